The van der Waals surface area contributed by atoms with Crippen LogP contribution in [0.2, 0.25) is 0 Å². The van der Waals surface area contributed by atoms with Crippen molar-refractivity contribution in [1.82, 2.24) is 0 Å². The lowest BCUT2D eigenvalue weighted by molar-refractivity contribution is -0.140. The Hall–Kier alpha value is -1.89. The first-order chi connectivity index (χ1) is 9.71. The predicted molar refractivity (Wildman–Crippen MR) is 77.4 cm³/mol. The molecule has 0 spiro atoms. The summed E-state index contributed by atoms with van der Waals surface area (Å²) in [6.45, 7) is 5.26. The number of methoxy groups -OCH3 is 1. The number of nitrogens with one attached hydrogen (secondary N) is 1. The van der Waals surface area contributed by atoms with Crippen LogP contribution in [0.5, 0.6) is 0 Å². The first-order valence-corrected chi connectivity index (χ1v) is 7.29. The summed E-state index contributed by atoms with van der Waals surface area (Å²) in [5.74, 6) is -3.17. The van der Waals surface area contributed by atoms with Gasteiger partial charge >= 0.3 is 11.9 Å². The Labute approximate surface area is 126 Å². The molecule has 1 aromatic heterocycles. The van der Waals surface area contributed by atoms with Crippen molar-refractivity contribution in [2.24, 2.45) is 17.3 Å². The smallest absolute Gasteiger partial charge is 0.350 e. The van der Waals surface area contributed by atoms with Gasteiger partial charge in [0.25, 0.3) is 0 Å². The van der Waals surface area contributed by atoms with Crippen LogP contribution in [0.15, 0.2) is 5.38 Å². The molecule has 6 nitrogen and oxygen atoms in total. The van der Waals surface area contributed by atoms with E-state index in [1.54, 1.807) is 26.2 Å². The molecule has 1 aliphatic rings. The number of aryl methyl sites for hydroxylation is 1. The van der Waals surface area contributed by atoms with Gasteiger partial charge in [0, 0.05) is 0 Å². The number of carboxylic acids is 1. The Morgan fingerprint density at radius 3 is 2.43 bits per heavy atom. The molecule has 0 bridgehead atoms. The molecule has 0 aliphatic heterocycles. The number of carbonyl (C=O) groups excluding carboxylic acids is 2. The predicted octanol–water partition coefficient (Wildman–Crippen LogP) is 2.14. The van der Waals surface area contributed by atoms with Gasteiger partial charge in [0.1, 0.15) is 4.88 Å². The van der Waals surface area contributed by atoms with Crippen LogP contribution in [0.1, 0.15) is 29.1 Å². The monoisotopic (exact) mass is 311 g/mol. The Kier molecular flexibility index (Phi) is 3.79. The molecule has 2 rings (SSSR count). The third-order valence-corrected chi connectivity index (χ3v) is 5.05. The van der Waals surface area contributed by atoms with E-state index in [0.717, 1.165) is 5.56 Å². The quantitative estimate of drug-likeness (QED) is 0.831. The summed E-state index contributed by atoms with van der Waals surface area (Å²) in [4.78, 5) is 35.4. The normalized spacial score (nSPS) is 22.5. The number of amides is 1. The highest BCUT2D eigenvalue weighted by Gasteiger charge is 2.66. The highest BCUT2D eigenvalue weighted by molar-refractivity contribution is 7.12. The fraction of sp³-hybridized carbons (Fsp3) is 0.500. The van der Waals surface area contributed by atoms with Crippen molar-refractivity contribution in [3.8, 4) is 0 Å². The Balaban J connectivity index is 2.20. The largest absolute Gasteiger partial charge is 0.481 e. The van der Waals surface area contributed by atoms with Crippen LogP contribution in [-0.2, 0) is 14.3 Å². The number of ether oxygens (including phenoxy) is 1. The Morgan fingerprint density at radius 2 is 1.95 bits per heavy atom. The zero-order valence-corrected chi connectivity index (χ0v) is 13.0. The number of hydrogen-bond acceptors (Lipinski definition) is 5. The average molecular weight is 311 g/mol. The number of rotatable bonds is 4. The zero-order valence-electron chi connectivity index (χ0n) is 12.2. The maximum Gasteiger partial charge on any atom is 0.350 e. The van der Waals surface area contributed by atoms with E-state index >= 15 is 0 Å². The number of anilines is 1. The molecule has 0 unspecified atom stereocenters. The SMILES string of the molecule is COC(=O)c1scc(C)c1NC(=O)[C@H]1[C@@H](C(=O)O)C1(C)C. The summed E-state index contributed by atoms with van der Waals surface area (Å²) in [6, 6.07) is 0. The second-order valence-electron chi connectivity index (χ2n) is 5.72. The second kappa shape index (κ2) is 5.14. The molecule has 1 amide bonds. The number of hydrogen-bond donors (Lipinski definition) is 2. The van der Waals surface area contributed by atoms with Crippen molar-refractivity contribution >= 4 is 34.9 Å². The molecule has 1 aliphatic carbocycles. The number of carbonyl (C=O) groups is 3. The minimum absolute atomic E-state index is 0.314. The summed E-state index contributed by atoms with van der Waals surface area (Å²) in [5, 5.41) is 13.5. The molecular formula is C14H17NO5S. The van der Waals surface area contributed by atoms with E-state index in [2.05, 4.69) is 10.1 Å². The van der Waals surface area contributed by atoms with E-state index in [4.69, 9.17) is 5.11 Å². The first kappa shape index (κ1) is 15.5. The summed E-state index contributed by atoms with van der Waals surface area (Å²) >= 11 is 1.18. The van der Waals surface area contributed by atoms with Gasteiger partial charge in [-0.3, -0.25) is 9.59 Å². The lowest BCUT2D eigenvalue weighted by Crippen LogP contribution is -2.19. The van der Waals surface area contributed by atoms with Crippen LogP contribution >= 0.6 is 11.3 Å². The van der Waals surface area contributed by atoms with Crippen molar-refractivity contribution in [3.63, 3.8) is 0 Å². The minimum Gasteiger partial charge on any atom is -0.481 e. The van der Waals surface area contributed by atoms with Gasteiger partial charge in [0.05, 0.1) is 24.6 Å². The molecule has 21 heavy (non-hydrogen) atoms. The van der Waals surface area contributed by atoms with E-state index < -0.39 is 29.2 Å². The number of esters is 1. The maximum absolute atomic E-state index is 12.3. The van der Waals surface area contributed by atoms with Gasteiger partial charge in [0.15, 0.2) is 0 Å². The molecule has 1 heterocycles. The topological polar surface area (TPSA) is 92.7 Å². The molecule has 114 valence electrons. The third-order valence-electron chi connectivity index (χ3n) is 3.97. The van der Waals surface area contributed by atoms with Crippen molar-refractivity contribution in [2.75, 3.05) is 12.4 Å². The third kappa shape index (κ3) is 2.53. The molecule has 1 saturated carbocycles. The van der Waals surface area contributed by atoms with E-state index in [0.29, 0.717) is 10.6 Å². The van der Waals surface area contributed by atoms with Crippen molar-refractivity contribution in [1.29, 1.82) is 0 Å². The van der Waals surface area contributed by atoms with Gasteiger partial charge in [-0.05, 0) is 23.3 Å². The van der Waals surface area contributed by atoms with Gasteiger partial charge in [-0.1, -0.05) is 13.8 Å². The van der Waals surface area contributed by atoms with Crippen molar-refractivity contribution in [2.45, 2.75) is 20.8 Å². The summed E-state index contributed by atoms with van der Waals surface area (Å²) < 4.78 is 4.67. The second-order valence-corrected chi connectivity index (χ2v) is 6.60. The molecule has 2 N–H and O–H groups in total. The molecular weight excluding hydrogens is 294 g/mol. The van der Waals surface area contributed by atoms with Crippen LogP contribution in [0.4, 0.5) is 5.69 Å². The van der Waals surface area contributed by atoms with E-state index in [1.165, 1.54) is 18.4 Å². The van der Waals surface area contributed by atoms with Crippen LogP contribution < -0.4 is 5.32 Å². The van der Waals surface area contributed by atoms with E-state index in [-0.39, 0.29) is 5.91 Å². The van der Waals surface area contributed by atoms with Crippen LogP contribution in [0.25, 0.3) is 0 Å². The molecule has 0 saturated heterocycles. The first-order valence-electron chi connectivity index (χ1n) is 6.41. The lowest BCUT2D eigenvalue weighted by atomic mass is 10.1. The fourth-order valence-electron chi connectivity index (χ4n) is 2.63. The van der Waals surface area contributed by atoms with Crippen LogP contribution in [-0.4, -0.2) is 30.1 Å². The average Bonchev–Trinajstić information content (AvgIpc) is 2.82. The minimum atomic E-state index is -0.976. The van der Waals surface area contributed by atoms with E-state index in [1.807, 2.05) is 0 Å². The van der Waals surface area contributed by atoms with Gasteiger partial charge in [0.2, 0.25) is 5.91 Å². The molecule has 0 radical (unpaired) electrons. The van der Waals surface area contributed by atoms with Crippen molar-refractivity contribution in [3.05, 3.63) is 15.8 Å². The summed E-state index contributed by atoms with van der Waals surface area (Å²) in [7, 11) is 1.27. The number of thiophene rings is 1. The van der Waals surface area contributed by atoms with Crippen LogP contribution in [0.3, 0.4) is 0 Å². The fourth-order valence-corrected chi connectivity index (χ4v) is 3.55. The molecule has 1 fully saturated rings. The zero-order chi connectivity index (χ0) is 15.9. The van der Waals surface area contributed by atoms with Gasteiger partial charge < -0.3 is 15.2 Å². The summed E-state index contributed by atoms with van der Waals surface area (Å²) in [6.07, 6.45) is 0. The summed E-state index contributed by atoms with van der Waals surface area (Å²) in [5.41, 5.74) is 0.577. The Bertz CT molecular complexity index is 619. The Morgan fingerprint density at radius 1 is 1.33 bits per heavy atom. The molecule has 0 aromatic carbocycles. The lowest BCUT2D eigenvalue weighted by Gasteiger charge is -2.08. The highest BCUT2D eigenvalue weighted by atomic mass is 32.1. The van der Waals surface area contributed by atoms with Crippen LogP contribution in [0, 0.1) is 24.2 Å². The van der Waals surface area contributed by atoms with Gasteiger partial charge in [-0.2, -0.15) is 0 Å². The number of carboxylic acid groups (broad SMARTS) is 1. The molecule has 2 atom stereocenters. The highest BCUT2D eigenvalue weighted by Crippen LogP contribution is 2.58. The van der Waals surface area contributed by atoms with Gasteiger partial charge in [-0.25, -0.2) is 4.79 Å². The van der Waals surface area contributed by atoms with E-state index in [9.17, 15) is 14.4 Å². The molecule has 1 aromatic rings. The molecule has 7 heteroatoms. The van der Waals surface area contributed by atoms with Crippen molar-refractivity contribution < 1.29 is 24.2 Å². The maximum atomic E-state index is 12.3. The standard InChI is InChI=1S/C14H17NO5S/c1-6-5-21-10(13(19)20-4)9(6)15-11(16)7-8(12(17)18)14(7,2)3/h5,7-8H,1-4H3,(H,15,16)(H,17,18)/t7-,8+/m1/s1. The van der Waals surface area contributed by atoms with Gasteiger partial charge in [-0.15, -0.1) is 11.3 Å². The number of aliphatic carboxylic acids is 1.